The number of urea groups is 1. The third-order valence-corrected chi connectivity index (χ3v) is 11.2. The molecule has 4 aliphatic rings. The number of carbonyl (C=O) groups is 3. The molecule has 0 radical (unpaired) electrons. The number of alkyl halides is 3. The SMILES string of the molecule is CN1CCC(N2CCN(C(=O)C(CC(=O)N3CCC(N4CCc5ccccc5NC4=O)CC3)Cc3cc(Cl)c(O)c(C(F)(F)F)c3)CC2)CC1. The summed E-state index contributed by atoms with van der Waals surface area (Å²) in [4.78, 5) is 50.9. The fourth-order valence-electron chi connectivity index (χ4n) is 7.95. The lowest BCUT2D eigenvalue weighted by molar-refractivity contribution is -0.143. The van der Waals surface area contributed by atoms with Crippen LogP contribution in [0.1, 0.15) is 48.8 Å². The Hall–Kier alpha value is -3.55. The van der Waals surface area contributed by atoms with Gasteiger partial charge in [0.25, 0.3) is 0 Å². The number of hydrogen-bond donors (Lipinski definition) is 2. The molecule has 1 atom stereocenters. The predicted molar refractivity (Wildman–Crippen MR) is 184 cm³/mol. The Balaban J connectivity index is 1.12. The van der Waals surface area contributed by atoms with Crippen LogP contribution in [0.2, 0.25) is 5.02 Å². The lowest BCUT2D eigenvalue weighted by atomic mass is 9.92. The first kappa shape index (κ1) is 36.2. The Morgan fingerprint density at radius 2 is 1.58 bits per heavy atom. The van der Waals surface area contributed by atoms with Crippen molar-refractivity contribution in [3.05, 3.63) is 58.1 Å². The van der Waals surface area contributed by atoms with E-state index in [4.69, 9.17) is 11.6 Å². The number of nitrogens with one attached hydrogen (secondary N) is 1. The van der Waals surface area contributed by atoms with Gasteiger partial charge in [-0.2, -0.15) is 13.2 Å². The van der Waals surface area contributed by atoms with E-state index in [9.17, 15) is 32.7 Å². The number of fused-ring (bicyclic) bond motifs is 1. The quantitative estimate of drug-likeness (QED) is 0.422. The third kappa shape index (κ3) is 8.32. The molecule has 4 heterocycles. The number of phenols is 1. The minimum Gasteiger partial charge on any atom is -0.506 e. The van der Waals surface area contributed by atoms with Gasteiger partial charge in [-0.1, -0.05) is 29.8 Å². The molecule has 1 unspecified atom stereocenters. The number of piperazine rings is 1. The number of carbonyl (C=O) groups excluding carboxylic acids is 3. The van der Waals surface area contributed by atoms with E-state index in [2.05, 4.69) is 22.2 Å². The van der Waals surface area contributed by atoms with Crippen molar-refractivity contribution in [3.8, 4) is 5.75 Å². The molecule has 0 spiro atoms. The number of rotatable bonds is 7. The summed E-state index contributed by atoms with van der Waals surface area (Å²) in [5.41, 5.74) is 0.742. The molecule has 2 N–H and O–H groups in total. The normalized spacial score (nSPS) is 21.1. The molecule has 272 valence electrons. The van der Waals surface area contributed by atoms with Crippen LogP contribution in [-0.2, 0) is 28.6 Å². The van der Waals surface area contributed by atoms with Gasteiger partial charge < -0.3 is 30.0 Å². The number of halogens is 4. The molecule has 2 aromatic carbocycles. The summed E-state index contributed by atoms with van der Waals surface area (Å²) in [7, 11) is 2.11. The van der Waals surface area contributed by atoms with Gasteiger partial charge in [-0.25, -0.2) is 4.79 Å². The van der Waals surface area contributed by atoms with Gasteiger partial charge in [0.2, 0.25) is 11.8 Å². The summed E-state index contributed by atoms with van der Waals surface area (Å²) < 4.78 is 41.3. The summed E-state index contributed by atoms with van der Waals surface area (Å²) in [5, 5.41) is 12.6. The second-order valence-corrected chi connectivity index (χ2v) is 14.5. The van der Waals surface area contributed by atoms with E-state index in [1.165, 1.54) is 6.07 Å². The monoisotopic (exact) mass is 718 g/mol. The van der Waals surface area contributed by atoms with E-state index in [1.54, 1.807) is 9.80 Å². The average Bonchev–Trinajstić information content (AvgIpc) is 3.27. The lowest BCUT2D eigenvalue weighted by Crippen LogP contribution is -2.55. The lowest BCUT2D eigenvalue weighted by Gasteiger charge is -2.43. The number of phenolic OH excluding ortho intramolecular Hbond substituents is 1. The third-order valence-electron chi connectivity index (χ3n) is 10.9. The van der Waals surface area contributed by atoms with Crippen LogP contribution in [0.15, 0.2) is 36.4 Å². The molecule has 0 aromatic heterocycles. The van der Waals surface area contributed by atoms with Crippen molar-refractivity contribution in [1.82, 2.24) is 24.5 Å². The molecule has 0 bridgehead atoms. The van der Waals surface area contributed by atoms with Gasteiger partial charge in [0.05, 0.1) is 16.5 Å². The topological polar surface area (TPSA) is 99.7 Å². The van der Waals surface area contributed by atoms with E-state index < -0.39 is 28.4 Å². The zero-order valence-corrected chi connectivity index (χ0v) is 29.2. The fraction of sp³-hybridized carbons (Fsp3) is 0.583. The van der Waals surface area contributed by atoms with Gasteiger partial charge in [-0.3, -0.25) is 14.5 Å². The van der Waals surface area contributed by atoms with Crippen LogP contribution in [0.25, 0.3) is 0 Å². The molecule has 14 heteroatoms. The smallest absolute Gasteiger partial charge is 0.420 e. The van der Waals surface area contributed by atoms with Crippen molar-refractivity contribution in [1.29, 1.82) is 0 Å². The number of aromatic hydroxyl groups is 1. The minimum atomic E-state index is -4.85. The van der Waals surface area contributed by atoms with E-state index in [1.807, 2.05) is 29.2 Å². The molecule has 3 saturated heterocycles. The van der Waals surface area contributed by atoms with E-state index in [0.29, 0.717) is 64.7 Å². The van der Waals surface area contributed by atoms with Gasteiger partial charge in [-0.15, -0.1) is 0 Å². The molecule has 3 fully saturated rings. The molecule has 10 nitrogen and oxygen atoms in total. The number of likely N-dealkylation sites (tertiary alicyclic amines) is 2. The molecule has 0 aliphatic carbocycles. The summed E-state index contributed by atoms with van der Waals surface area (Å²) >= 11 is 6.03. The van der Waals surface area contributed by atoms with Crippen LogP contribution in [0.4, 0.5) is 23.7 Å². The predicted octanol–water partition coefficient (Wildman–Crippen LogP) is 4.93. The highest BCUT2D eigenvalue weighted by atomic mass is 35.5. The maximum atomic E-state index is 14.1. The highest BCUT2D eigenvalue weighted by Crippen LogP contribution is 2.41. The van der Waals surface area contributed by atoms with Crippen LogP contribution in [0.3, 0.4) is 0 Å². The molecular weight excluding hydrogens is 673 g/mol. The van der Waals surface area contributed by atoms with Crippen molar-refractivity contribution in [2.75, 3.05) is 71.3 Å². The molecule has 2 aromatic rings. The number of para-hydroxylation sites is 1. The van der Waals surface area contributed by atoms with Gasteiger partial charge in [-0.05, 0) is 88.0 Å². The first-order chi connectivity index (χ1) is 23.9. The maximum Gasteiger partial charge on any atom is 0.420 e. The molecular formula is C36H46ClF3N6O4. The van der Waals surface area contributed by atoms with Crippen LogP contribution in [0, 0.1) is 5.92 Å². The summed E-state index contributed by atoms with van der Waals surface area (Å²) in [6, 6.07) is 10.0. The Morgan fingerprint density at radius 1 is 0.920 bits per heavy atom. The Morgan fingerprint density at radius 3 is 2.26 bits per heavy atom. The highest BCUT2D eigenvalue weighted by Gasteiger charge is 2.38. The number of anilines is 1. The minimum absolute atomic E-state index is 0.0495. The van der Waals surface area contributed by atoms with E-state index in [-0.39, 0.29) is 42.3 Å². The number of piperidine rings is 2. The summed E-state index contributed by atoms with van der Waals surface area (Å²) in [6.07, 6.45) is -1.13. The fourth-order valence-corrected chi connectivity index (χ4v) is 8.19. The van der Waals surface area contributed by atoms with Crippen molar-refractivity contribution >= 4 is 35.1 Å². The Labute approximate surface area is 296 Å². The largest absolute Gasteiger partial charge is 0.506 e. The number of nitrogens with zero attached hydrogens (tertiary/aromatic N) is 5. The molecule has 50 heavy (non-hydrogen) atoms. The van der Waals surface area contributed by atoms with Gasteiger partial charge >= 0.3 is 12.2 Å². The van der Waals surface area contributed by atoms with Crippen LogP contribution >= 0.6 is 11.6 Å². The highest BCUT2D eigenvalue weighted by molar-refractivity contribution is 6.32. The van der Waals surface area contributed by atoms with Crippen molar-refractivity contribution in [3.63, 3.8) is 0 Å². The number of hydrogen-bond acceptors (Lipinski definition) is 6. The zero-order chi connectivity index (χ0) is 35.6. The molecule has 4 aliphatic heterocycles. The van der Waals surface area contributed by atoms with Gasteiger partial charge in [0.1, 0.15) is 5.75 Å². The van der Waals surface area contributed by atoms with E-state index in [0.717, 1.165) is 49.7 Å². The Kier molecular flexibility index (Phi) is 11.1. The first-order valence-corrected chi connectivity index (χ1v) is 18.0. The van der Waals surface area contributed by atoms with Gasteiger partial charge in [0, 0.05) is 70.0 Å². The number of amides is 4. The van der Waals surface area contributed by atoms with Crippen LogP contribution in [0.5, 0.6) is 5.75 Å². The zero-order valence-electron chi connectivity index (χ0n) is 28.4. The summed E-state index contributed by atoms with van der Waals surface area (Å²) in [5.74, 6) is -2.49. The molecule has 0 saturated carbocycles. The average molecular weight is 719 g/mol. The van der Waals surface area contributed by atoms with Crippen molar-refractivity contribution < 1.29 is 32.7 Å². The number of benzene rings is 2. The summed E-state index contributed by atoms with van der Waals surface area (Å²) in [6.45, 7) is 5.79. The van der Waals surface area contributed by atoms with Gasteiger partial charge in [0.15, 0.2) is 0 Å². The second kappa shape index (κ2) is 15.4. The standard InChI is InChI=1S/C36H46ClF3N6O4/c1-42-11-7-27(8-12-42)43-16-18-45(19-17-43)34(49)26(20-24-21-29(36(38,39)40)33(48)30(37)22-24)23-32(47)44-13-9-28(10-14-44)46-15-6-25-4-2-3-5-31(25)41-35(46)50/h2-5,21-22,26-28,48H,6-20,23H2,1H3,(H,41,50). The first-order valence-electron chi connectivity index (χ1n) is 17.6. The maximum absolute atomic E-state index is 14.1. The Bertz CT molecular complexity index is 1550. The van der Waals surface area contributed by atoms with Crippen LogP contribution < -0.4 is 5.32 Å². The van der Waals surface area contributed by atoms with Crippen molar-refractivity contribution in [2.45, 2.75) is 63.2 Å². The second-order valence-electron chi connectivity index (χ2n) is 14.1. The van der Waals surface area contributed by atoms with E-state index >= 15 is 0 Å². The molecule has 4 amide bonds. The van der Waals surface area contributed by atoms with Crippen LogP contribution in [-0.4, -0.2) is 125 Å². The molecule has 6 rings (SSSR count). The van der Waals surface area contributed by atoms with Crippen molar-refractivity contribution in [2.24, 2.45) is 5.92 Å².